The van der Waals surface area contributed by atoms with Gasteiger partial charge in [0.05, 0.1) is 12.1 Å². The molecule has 0 aliphatic heterocycles. The van der Waals surface area contributed by atoms with E-state index in [9.17, 15) is 9.18 Å². The van der Waals surface area contributed by atoms with Gasteiger partial charge in [-0.15, -0.1) is 10.2 Å². The molecule has 0 radical (unpaired) electrons. The molecule has 0 bridgehead atoms. The monoisotopic (exact) mass is 264 g/mol. The number of urea groups is 1. The molecule has 0 fully saturated rings. The summed E-state index contributed by atoms with van der Waals surface area (Å²) in [7, 11) is 3.24. The smallest absolute Gasteiger partial charge is 0.317 e. The van der Waals surface area contributed by atoms with Gasteiger partial charge in [0.15, 0.2) is 0 Å². The third-order valence-electron chi connectivity index (χ3n) is 2.37. The summed E-state index contributed by atoms with van der Waals surface area (Å²) in [4.78, 5) is 12.7. The van der Waals surface area contributed by atoms with Crippen molar-refractivity contribution in [3.63, 3.8) is 0 Å². The van der Waals surface area contributed by atoms with Crippen molar-refractivity contribution in [3.8, 4) is 11.5 Å². The molecule has 1 heterocycles. The molecule has 0 unspecified atom stereocenters. The molecule has 100 valence electrons. The Balaban J connectivity index is 2.08. The minimum absolute atomic E-state index is 0.0900. The zero-order chi connectivity index (χ0) is 13.8. The molecule has 0 aliphatic rings. The van der Waals surface area contributed by atoms with Crippen molar-refractivity contribution in [2.75, 3.05) is 14.1 Å². The molecule has 0 aliphatic carbocycles. The van der Waals surface area contributed by atoms with E-state index in [1.807, 2.05) is 0 Å². The summed E-state index contributed by atoms with van der Waals surface area (Å²) in [6.07, 6.45) is 0. The van der Waals surface area contributed by atoms with Gasteiger partial charge in [0.2, 0.25) is 5.89 Å². The summed E-state index contributed by atoms with van der Waals surface area (Å²) >= 11 is 0. The second kappa shape index (κ2) is 5.47. The third-order valence-corrected chi connectivity index (χ3v) is 2.37. The van der Waals surface area contributed by atoms with E-state index < -0.39 is 5.82 Å². The van der Waals surface area contributed by atoms with Crippen LogP contribution in [0.3, 0.4) is 0 Å². The molecule has 0 spiro atoms. The van der Waals surface area contributed by atoms with E-state index in [2.05, 4.69) is 15.5 Å². The number of rotatable bonds is 3. The maximum Gasteiger partial charge on any atom is 0.317 e. The van der Waals surface area contributed by atoms with E-state index in [0.717, 1.165) is 0 Å². The van der Waals surface area contributed by atoms with Crippen LogP contribution in [0.2, 0.25) is 0 Å². The molecule has 0 saturated heterocycles. The van der Waals surface area contributed by atoms with Crippen LogP contribution in [-0.4, -0.2) is 35.2 Å². The van der Waals surface area contributed by atoms with Gasteiger partial charge in [-0.1, -0.05) is 12.1 Å². The highest BCUT2D eigenvalue weighted by atomic mass is 19.1. The number of carbonyl (C=O) groups is 1. The van der Waals surface area contributed by atoms with Gasteiger partial charge < -0.3 is 14.6 Å². The van der Waals surface area contributed by atoms with Crippen LogP contribution < -0.4 is 5.32 Å². The van der Waals surface area contributed by atoms with Gasteiger partial charge in [-0.05, 0) is 12.1 Å². The average Bonchev–Trinajstić information content (AvgIpc) is 2.85. The quantitative estimate of drug-likeness (QED) is 0.915. The molecule has 2 rings (SSSR count). The molecule has 1 N–H and O–H groups in total. The van der Waals surface area contributed by atoms with Crippen molar-refractivity contribution in [1.29, 1.82) is 0 Å². The number of amides is 2. The van der Waals surface area contributed by atoms with Gasteiger partial charge in [0, 0.05) is 14.1 Å². The maximum absolute atomic E-state index is 13.5. The Hall–Kier alpha value is -2.44. The Kier molecular flexibility index (Phi) is 3.74. The third kappa shape index (κ3) is 3.06. The first kappa shape index (κ1) is 13.0. The highest BCUT2D eigenvalue weighted by Gasteiger charge is 2.13. The van der Waals surface area contributed by atoms with Crippen molar-refractivity contribution in [3.05, 3.63) is 36.0 Å². The van der Waals surface area contributed by atoms with Gasteiger partial charge in [0.1, 0.15) is 5.82 Å². The van der Waals surface area contributed by atoms with Crippen LogP contribution in [0.4, 0.5) is 9.18 Å². The topological polar surface area (TPSA) is 71.3 Å². The Morgan fingerprint density at radius 2 is 2.11 bits per heavy atom. The number of nitrogens with zero attached hydrogens (tertiary/aromatic N) is 3. The zero-order valence-corrected chi connectivity index (χ0v) is 10.6. The van der Waals surface area contributed by atoms with Crippen molar-refractivity contribution in [2.24, 2.45) is 0 Å². The largest absolute Gasteiger partial charge is 0.419 e. The highest BCUT2D eigenvalue weighted by molar-refractivity contribution is 5.73. The Morgan fingerprint density at radius 1 is 1.37 bits per heavy atom. The van der Waals surface area contributed by atoms with Gasteiger partial charge >= 0.3 is 6.03 Å². The van der Waals surface area contributed by atoms with E-state index in [0.29, 0.717) is 0 Å². The van der Waals surface area contributed by atoms with E-state index in [1.54, 1.807) is 32.3 Å². The van der Waals surface area contributed by atoms with Crippen LogP contribution in [0.5, 0.6) is 0 Å². The number of halogens is 1. The van der Waals surface area contributed by atoms with Crippen molar-refractivity contribution in [2.45, 2.75) is 6.54 Å². The number of carbonyl (C=O) groups excluding carboxylic acids is 1. The fourth-order valence-electron chi connectivity index (χ4n) is 1.38. The van der Waals surface area contributed by atoms with E-state index in [1.165, 1.54) is 11.0 Å². The summed E-state index contributed by atoms with van der Waals surface area (Å²) < 4.78 is 18.8. The second-order valence-corrected chi connectivity index (χ2v) is 4.03. The normalized spacial score (nSPS) is 10.3. The molecule has 2 amide bonds. The van der Waals surface area contributed by atoms with E-state index in [-0.39, 0.29) is 29.9 Å². The molecule has 7 heteroatoms. The van der Waals surface area contributed by atoms with Crippen LogP contribution in [0, 0.1) is 5.82 Å². The van der Waals surface area contributed by atoms with Gasteiger partial charge in [0.25, 0.3) is 5.89 Å². The average molecular weight is 264 g/mol. The van der Waals surface area contributed by atoms with E-state index >= 15 is 0 Å². The standard InChI is InChI=1S/C12H13FN4O2/c1-17(2)12(18)14-7-10-15-16-11(19-10)8-5-3-4-6-9(8)13/h3-6H,7H2,1-2H3,(H,14,18). The minimum atomic E-state index is -0.435. The lowest BCUT2D eigenvalue weighted by Gasteiger charge is -2.09. The first-order chi connectivity index (χ1) is 9.08. The predicted octanol–water partition coefficient (Wildman–Crippen LogP) is 1.65. The number of hydrogen-bond acceptors (Lipinski definition) is 4. The van der Waals surface area contributed by atoms with Gasteiger partial charge in [-0.25, -0.2) is 9.18 Å². The fourth-order valence-corrected chi connectivity index (χ4v) is 1.38. The number of hydrogen-bond donors (Lipinski definition) is 1. The van der Waals surface area contributed by atoms with Crippen LogP contribution >= 0.6 is 0 Å². The minimum Gasteiger partial charge on any atom is -0.419 e. The van der Waals surface area contributed by atoms with Crippen molar-refractivity contribution in [1.82, 2.24) is 20.4 Å². The summed E-state index contributed by atoms with van der Waals surface area (Å²) in [6, 6.07) is 5.84. The Labute approximate surface area is 109 Å². The molecular weight excluding hydrogens is 251 g/mol. The summed E-state index contributed by atoms with van der Waals surface area (Å²) in [5, 5.41) is 10.1. The fraction of sp³-hybridized carbons (Fsp3) is 0.250. The van der Waals surface area contributed by atoms with Gasteiger partial charge in [-0.2, -0.15) is 0 Å². The molecule has 6 nitrogen and oxygen atoms in total. The predicted molar refractivity (Wildman–Crippen MR) is 65.6 cm³/mol. The lowest BCUT2D eigenvalue weighted by Crippen LogP contribution is -2.34. The molecule has 0 saturated carbocycles. The molecule has 1 aromatic carbocycles. The lowest BCUT2D eigenvalue weighted by molar-refractivity contribution is 0.216. The lowest BCUT2D eigenvalue weighted by atomic mass is 10.2. The number of aromatic nitrogens is 2. The summed E-state index contributed by atoms with van der Waals surface area (Å²) in [6.45, 7) is 0.0957. The van der Waals surface area contributed by atoms with Crippen molar-refractivity contribution < 1.29 is 13.6 Å². The molecule has 0 atom stereocenters. The summed E-state index contributed by atoms with van der Waals surface area (Å²) in [5.74, 6) is -0.129. The Morgan fingerprint density at radius 3 is 2.79 bits per heavy atom. The van der Waals surface area contributed by atoms with Crippen LogP contribution in [-0.2, 0) is 6.54 Å². The van der Waals surface area contributed by atoms with Gasteiger partial charge in [-0.3, -0.25) is 0 Å². The first-order valence-corrected chi connectivity index (χ1v) is 5.60. The number of nitrogens with one attached hydrogen (secondary N) is 1. The number of benzene rings is 1. The molecular formula is C12H13FN4O2. The summed E-state index contributed by atoms with van der Waals surface area (Å²) in [5.41, 5.74) is 0.236. The molecule has 1 aromatic heterocycles. The highest BCUT2D eigenvalue weighted by Crippen LogP contribution is 2.20. The van der Waals surface area contributed by atoms with Crippen LogP contribution in [0.25, 0.3) is 11.5 Å². The van der Waals surface area contributed by atoms with Crippen molar-refractivity contribution >= 4 is 6.03 Å². The SMILES string of the molecule is CN(C)C(=O)NCc1nnc(-c2ccccc2F)o1. The second-order valence-electron chi connectivity index (χ2n) is 4.03. The molecule has 19 heavy (non-hydrogen) atoms. The first-order valence-electron chi connectivity index (χ1n) is 5.60. The molecule has 2 aromatic rings. The maximum atomic E-state index is 13.5. The zero-order valence-electron chi connectivity index (χ0n) is 10.6. The Bertz CT molecular complexity index is 583. The van der Waals surface area contributed by atoms with Crippen LogP contribution in [0.15, 0.2) is 28.7 Å². The van der Waals surface area contributed by atoms with E-state index in [4.69, 9.17) is 4.42 Å². The van der Waals surface area contributed by atoms with Crippen LogP contribution in [0.1, 0.15) is 5.89 Å².